The van der Waals surface area contributed by atoms with E-state index in [0.717, 1.165) is 13.1 Å². The lowest BCUT2D eigenvalue weighted by atomic mass is 9.95. The molecular formula is C17H32N4O3. The normalized spacial score (nSPS) is 15.3. The summed E-state index contributed by atoms with van der Waals surface area (Å²) >= 11 is 0. The van der Waals surface area contributed by atoms with Gasteiger partial charge in [-0.15, -0.1) is 0 Å². The Bertz CT molecular complexity index is 428. The van der Waals surface area contributed by atoms with Crippen molar-refractivity contribution in [3.63, 3.8) is 0 Å². The average Bonchev–Trinajstić information content (AvgIpc) is 2.55. The molecule has 0 radical (unpaired) electrons. The van der Waals surface area contributed by atoms with Crippen LogP contribution in [-0.4, -0.2) is 66.4 Å². The van der Waals surface area contributed by atoms with E-state index in [9.17, 15) is 14.4 Å². The van der Waals surface area contributed by atoms with Crippen LogP contribution in [0.1, 0.15) is 47.0 Å². The van der Waals surface area contributed by atoms with Crippen molar-refractivity contribution in [2.45, 2.75) is 53.0 Å². The van der Waals surface area contributed by atoms with Crippen molar-refractivity contribution in [3.8, 4) is 0 Å². The van der Waals surface area contributed by atoms with Gasteiger partial charge in [0.1, 0.15) is 0 Å². The van der Waals surface area contributed by atoms with Crippen LogP contribution >= 0.6 is 0 Å². The monoisotopic (exact) mass is 340 g/mol. The maximum Gasteiger partial charge on any atom is 0.317 e. The Morgan fingerprint density at radius 2 is 1.71 bits per heavy atom. The molecule has 1 rings (SSSR count). The number of likely N-dealkylation sites (tertiary alicyclic amines) is 1. The molecule has 0 aromatic heterocycles. The van der Waals surface area contributed by atoms with E-state index in [2.05, 4.69) is 10.6 Å². The molecule has 7 heteroatoms. The Morgan fingerprint density at radius 1 is 1.12 bits per heavy atom. The van der Waals surface area contributed by atoms with E-state index in [1.165, 1.54) is 0 Å². The summed E-state index contributed by atoms with van der Waals surface area (Å²) in [5, 5.41) is 5.57. The van der Waals surface area contributed by atoms with Gasteiger partial charge in [-0.1, -0.05) is 0 Å². The fourth-order valence-corrected chi connectivity index (χ4v) is 2.91. The Hall–Kier alpha value is -1.79. The number of carbonyl (C=O) groups excluding carboxylic acids is 3. The number of piperidine rings is 1. The Kier molecular flexibility index (Phi) is 8.57. The highest BCUT2D eigenvalue weighted by molar-refractivity contribution is 5.80. The molecule has 0 unspecified atom stereocenters. The van der Waals surface area contributed by atoms with Crippen molar-refractivity contribution in [3.05, 3.63) is 0 Å². The summed E-state index contributed by atoms with van der Waals surface area (Å²) in [4.78, 5) is 39.6. The minimum absolute atomic E-state index is 0.0192. The van der Waals surface area contributed by atoms with Crippen molar-refractivity contribution < 1.29 is 14.4 Å². The summed E-state index contributed by atoms with van der Waals surface area (Å²) < 4.78 is 0. The quantitative estimate of drug-likeness (QED) is 0.730. The topological polar surface area (TPSA) is 81.8 Å². The van der Waals surface area contributed by atoms with Gasteiger partial charge >= 0.3 is 6.03 Å². The highest BCUT2D eigenvalue weighted by atomic mass is 16.2. The lowest BCUT2D eigenvalue weighted by molar-refractivity contribution is -0.136. The summed E-state index contributed by atoms with van der Waals surface area (Å²) in [5.41, 5.74) is 0. The van der Waals surface area contributed by atoms with Gasteiger partial charge in [0, 0.05) is 51.1 Å². The van der Waals surface area contributed by atoms with Crippen molar-refractivity contribution in [2.24, 2.45) is 5.92 Å². The second kappa shape index (κ2) is 10.2. The average molecular weight is 340 g/mol. The maximum absolute atomic E-state index is 12.3. The van der Waals surface area contributed by atoms with Crippen molar-refractivity contribution in [1.82, 2.24) is 20.4 Å². The number of nitrogens with one attached hydrogen (secondary N) is 2. The molecule has 24 heavy (non-hydrogen) atoms. The van der Waals surface area contributed by atoms with Gasteiger partial charge in [0.25, 0.3) is 0 Å². The predicted octanol–water partition coefficient (Wildman–Crippen LogP) is 1.19. The van der Waals surface area contributed by atoms with E-state index in [1.54, 1.807) is 4.90 Å². The summed E-state index contributed by atoms with van der Waals surface area (Å²) in [7, 11) is 0. The van der Waals surface area contributed by atoms with Crippen LogP contribution in [0.25, 0.3) is 0 Å². The second-order valence-corrected chi connectivity index (χ2v) is 6.48. The van der Waals surface area contributed by atoms with E-state index in [0.29, 0.717) is 32.5 Å². The molecule has 1 heterocycles. The first-order valence-corrected chi connectivity index (χ1v) is 8.99. The van der Waals surface area contributed by atoms with Crippen molar-refractivity contribution in [1.29, 1.82) is 0 Å². The van der Waals surface area contributed by atoms with Crippen LogP contribution in [0.3, 0.4) is 0 Å². The molecule has 4 amide bonds. The predicted molar refractivity (Wildman–Crippen MR) is 93.5 cm³/mol. The SMILES string of the molecule is CCN(CC)C(=O)C1CCN(C(=O)NCCC(=O)NC(C)C)CC1. The van der Waals surface area contributed by atoms with E-state index < -0.39 is 0 Å². The van der Waals surface area contributed by atoms with Crippen LogP contribution in [0.4, 0.5) is 4.79 Å². The van der Waals surface area contributed by atoms with Crippen LogP contribution in [0, 0.1) is 5.92 Å². The highest BCUT2D eigenvalue weighted by Gasteiger charge is 2.29. The molecular weight excluding hydrogens is 308 g/mol. The first-order chi connectivity index (χ1) is 11.4. The molecule has 0 aromatic rings. The van der Waals surface area contributed by atoms with E-state index >= 15 is 0 Å². The zero-order valence-electron chi connectivity index (χ0n) is 15.4. The van der Waals surface area contributed by atoms with Crippen molar-refractivity contribution in [2.75, 3.05) is 32.7 Å². The van der Waals surface area contributed by atoms with Crippen molar-refractivity contribution >= 4 is 17.8 Å². The Labute approximate surface area is 145 Å². The molecule has 1 aliphatic rings. The number of hydrogen-bond acceptors (Lipinski definition) is 3. The number of nitrogens with zero attached hydrogens (tertiary/aromatic N) is 2. The van der Waals surface area contributed by atoms with Crippen LogP contribution in [0.15, 0.2) is 0 Å². The summed E-state index contributed by atoms with van der Waals surface area (Å²) in [6.45, 7) is 10.7. The van der Waals surface area contributed by atoms with Gasteiger partial charge in [0.2, 0.25) is 11.8 Å². The molecule has 1 aliphatic heterocycles. The molecule has 0 atom stereocenters. The molecule has 0 bridgehead atoms. The first kappa shape index (κ1) is 20.3. The fraction of sp³-hybridized carbons (Fsp3) is 0.824. The molecule has 0 aliphatic carbocycles. The molecule has 1 saturated heterocycles. The van der Waals surface area contributed by atoms with E-state index in [-0.39, 0.29) is 36.2 Å². The lowest BCUT2D eigenvalue weighted by Gasteiger charge is -2.33. The number of carbonyl (C=O) groups is 3. The van der Waals surface area contributed by atoms with Gasteiger partial charge in [0.05, 0.1) is 0 Å². The number of rotatable bonds is 7. The summed E-state index contributed by atoms with van der Waals surface area (Å²) in [6, 6.07) is -0.0448. The fourth-order valence-electron chi connectivity index (χ4n) is 2.91. The van der Waals surface area contributed by atoms with Gasteiger partial charge in [0.15, 0.2) is 0 Å². The standard InChI is InChI=1S/C17H32N4O3/c1-5-20(6-2)16(23)14-8-11-21(12-9-14)17(24)18-10-7-15(22)19-13(3)4/h13-14H,5-12H2,1-4H3,(H,18,24)(H,19,22). The van der Waals surface area contributed by atoms with Crippen LogP contribution in [-0.2, 0) is 9.59 Å². The van der Waals surface area contributed by atoms with E-state index in [1.807, 2.05) is 32.6 Å². The van der Waals surface area contributed by atoms with Gasteiger partial charge in [-0.25, -0.2) is 4.79 Å². The first-order valence-electron chi connectivity index (χ1n) is 8.99. The summed E-state index contributed by atoms with van der Waals surface area (Å²) in [5.74, 6) is 0.157. The van der Waals surface area contributed by atoms with Crippen LogP contribution in [0.5, 0.6) is 0 Å². The molecule has 0 spiro atoms. The van der Waals surface area contributed by atoms with Gasteiger partial charge in [-0.2, -0.15) is 0 Å². The minimum Gasteiger partial charge on any atom is -0.354 e. The Morgan fingerprint density at radius 3 is 2.21 bits per heavy atom. The maximum atomic E-state index is 12.3. The molecule has 0 saturated carbocycles. The minimum atomic E-state index is -0.152. The van der Waals surface area contributed by atoms with Gasteiger partial charge in [-0.05, 0) is 40.5 Å². The van der Waals surface area contributed by atoms with E-state index in [4.69, 9.17) is 0 Å². The summed E-state index contributed by atoms with van der Waals surface area (Å²) in [6.07, 6.45) is 1.69. The molecule has 7 nitrogen and oxygen atoms in total. The number of amides is 4. The van der Waals surface area contributed by atoms with Gasteiger partial charge in [-0.3, -0.25) is 9.59 Å². The molecule has 138 valence electrons. The number of hydrogen-bond donors (Lipinski definition) is 2. The van der Waals surface area contributed by atoms with Gasteiger partial charge < -0.3 is 20.4 Å². The van der Waals surface area contributed by atoms with Crippen LogP contribution in [0.2, 0.25) is 0 Å². The third-order valence-electron chi connectivity index (χ3n) is 4.28. The van der Waals surface area contributed by atoms with Crippen LogP contribution < -0.4 is 10.6 Å². The third-order valence-corrected chi connectivity index (χ3v) is 4.28. The Balaban J connectivity index is 2.30. The molecule has 2 N–H and O–H groups in total. The largest absolute Gasteiger partial charge is 0.354 e. The zero-order chi connectivity index (χ0) is 18.1. The number of urea groups is 1. The third kappa shape index (κ3) is 6.37. The molecule has 1 fully saturated rings. The second-order valence-electron chi connectivity index (χ2n) is 6.48. The molecule has 0 aromatic carbocycles. The zero-order valence-corrected chi connectivity index (χ0v) is 15.4. The lowest BCUT2D eigenvalue weighted by Crippen LogP contribution is -2.48. The smallest absolute Gasteiger partial charge is 0.317 e. The highest BCUT2D eigenvalue weighted by Crippen LogP contribution is 2.19.